The van der Waals surface area contributed by atoms with E-state index < -0.39 is 5.54 Å². The van der Waals surface area contributed by atoms with Gasteiger partial charge in [0.25, 0.3) is 5.91 Å². The summed E-state index contributed by atoms with van der Waals surface area (Å²) in [6.07, 6.45) is 6.71. The van der Waals surface area contributed by atoms with E-state index in [4.69, 9.17) is 4.42 Å². The van der Waals surface area contributed by atoms with E-state index >= 15 is 0 Å². The Kier molecular flexibility index (Phi) is 5.51. The van der Waals surface area contributed by atoms with Crippen molar-refractivity contribution < 1.29 is 14.0 Å². The second-order valence-electron chi connectivity index (χ2n) is 9.30. The van der Waals surface area contributed by atoms with Gasteiger partial charge in [-0.05, 0) is 76.1 Å². The Morgan fingerprint density at radius 2 is 1.93 bits per heavy atom. The maximum absolute atomic E-state index is 13.6. The molecule has 0 spiro atoms. The fourth-order valence-electron chi connectivity index (χ4n) is 4.99. The van der Waals surface area contributed by atoms with Gasteiger partial charge in [-0.1, -0.05) is 13.8 Å². The average Bonchev–Trinajstić information content (AvgIpc) is 3.39. The number of hydrogen-bond acceptors (Lipinski definition) is 3. The molecule has 0 radical (unpaired) electrons. The fourth-order valence-corrected chi connectivity index (χ4v) is 4.99. The summed E-state index contributed by atoms with van der Waals surface area (Å²) < 4.78 is 7.54. The van der Waals surface area contributed by atoms with Crippen LogP contribution in [-0.2, 0) is 11.3 Å². The van der Waals surface area contributed by atoms with Crippen LogP contribution in [0.3, 0.4) is 0 Å². The first-order chi connectivity index (χ1) is 14.3. The molecule has 2 aromatic rings. The van der Waals surface area contributed by atoms with Crippen molar-refractivity contribution in [2.24, 2.45) is 5.92 Å². The molecule has 2 aromatic heterocycles. The van der Waals surface area contributed by atoms with Crippen LogP contribution in [0.5, 0.6) is 0 Å². The van der Waals surface area contributed by atoms with Gasteiger partial charge in [0.15, 0.2) is 0 Å². The molecule has 3 heterocycles. The maximum atomic E-state index is 13.6. The number of aromatic nitrogens is 1. The first kappa shape index (κ1) is 20.8. The molecular formula is C24H33N3O3. The summed E-state index contributed by atoms with van der Waals surface area (Å²) in [5, 5.41) is 3.29. The van der Waals surface area contributed by atoms with Crippen molar-refractivity contribution in [2.75, 3.05) is 0 Å². The van der Waals surface area contributed by atoms with Gasteiger partial charge >= 0.3 is 0 Å². The summed E-state index contributed by atoms with van der Waals surface area (Å²) in [7, 11) is 0. The van der Waals surface area contributed by atoms with Crippen LogP contribution in [0.2, 0.25) is 0 Å². The van der Waals surface area contributed by atoms with Crippen molar-refractivity contribution in [2.45, 2.75) is 84.0 Å². The highest BCUT2D eigenvalue weighted by molar-refractivity contribution is 6.00. The molecule has 1 fully saturated rings. The third-order valence-electron chi connectivity index (χ3n) is 7.06. The minimum Gasteiger partial charge on any atom is -0.463 e. The van der Waals surface area contributed by atoms with Gasteiger partial charge in [0.1, 0.15) is 17.0 Å². The molecule has 0 saturated heterocycles. The molecule has 162 valence electrons. The molecule has 0 aromatic carbocycles. The van der Waals surface area contributed by atoms with Gasteiger partial charge in [-0.2, -0.15) is 0 Å². The van der Waals surface area contributed by atoms with E-state index in [1.807, 2.05) is 42.7 Å². The van der Waals surface area contributed by atoms with Crippen LogP contribution >= 0.6 is 0 Å². The maximum Gasteiger partial charge on any atom is 0.271 e. The van der Waals surface area contributed by atoms with Crippen LogP contribution in [0.4, 0.5) is 0 Å². The monoisotopic (exact) mass is 411 g/mol. The Balaban J connectivity index is 1.68. The molecule has 1 N–H and O–H groups in total. The van der Waals surface area contributed by atoms with Gasteiger partial charge in [0.05, 0.1) is 18.5 Å². The number of carbonyl (C=O) groups excluding carboxylic acids is 2. The zero-order valence-corrected chi connectivity index (χ0v) is 18.5. The van der Waals surface area contributed by atoms with Gasteiger partial charge in [-0.25, -0.2) is 0 Å². The number of fused-ring (bicyclic) bond motifs is 1. The molecule has 1 aliphatic carbocycles. The molecule has 30 heavy (non-hydrogen) atoms. The van der Waals surface area contributed by atoms with Crippen LogP contribution in [0, 0.1) is 5.92 Å². The van der Waals surface area contributed by atoms with E-state index in [2.05, 4.69) is 19.2 Å². The Bertz CT molecular complexity index is 908. The highest BCUT2D eigenvalue weighted by Gasteiger charge is 2.49. The fraction of sp³-hybridized carbons (Fsp3) is 0.583. The Morgan fingerprint density at radius 1 is 1.23 bits per heavy atom. The van der Waals surface area contributed by atoms with Crippen LogP contribution in [0.1, 0.15) is 70.3 Å². The standard InChI is InChI=1S/C24H33N3O3/c1-5-17(3)27-22(28)20-13-12-19(21-7-6-14-30-21)26(20)15-24(27,4)23(29)25-18-10-8-16(2)9-11-18/h6-7,12-14,16-18H,5,8-11,15H2,1-4H3,(H,25,29)/t16?,17-,18?,24-/m0/s1. The zero-order valence-electron chi connectivity index (χ0n) is 18.5. The zero-order chi connectivity index (χ0) is 21.5. The van der Waals surface area contributed by atoms with Gasteiger partial charge in [-0.15, -0.1) is 0 Å². The Morgan fingerprint density at radius 3 is 2.57 bits per heavy atom. The third-order valence-corrected chi connectivity index (χ3v) is 7.06. The third kappa shape index (κ3) is 3.46. The summed E-state index contributed by atoms with van der Waals surface area (Å²) in [5.74, 6) is 1.28. The predicted molar refractivity (Wildman–Crippen MR) is 116 cm³/mol. The lowest BCUT2D eigenvalue weighted by molar-refractivity contribution is -0.135. The lowest BCUT2D eigenvalue weighted by atomic mass is 9.86. The van der Waals surface area contributed by atoms with Gasteiger partial charge in [0.2, 0.25) is 5.91 Å². The molecule has 6 nitrogen and oxygen atoms in total. The topological polar surface area (TPSA) is 67.5 Å². The van der Waals surface area contributed by atoms with E-state index in [0.29, 0.717) is 18.0 Å². The number of nitrogens with one attached hydrogen (secondary N) is 1. The second kappa shape index (κ2) is 7.97. The number of nitrogens with zero attached hydrogens (tertiary/aromatic N) is 2. The molecule has 4 rings (SSSR count). The first-order valence-electron chi connectivity index (χ1n) is 11.2. The minimum atomic E-state index is -0.955. The van der Waals surface area contributed by atoms with Crippen molar-refractivity contribution in [3.8, 4) is 11.5 Å². The van der Waals surface area contributed by atoms with E-state index in [9.17, 15) is 9.59 Å². The predicted octanol–water partition coefficient (Wildman–Crippen LogP) is 4.46. The SMILES string of the molecule is CC[C@H](C)N1C(=O)c2ccc(-c3ccco3)n2C[C@@]1(C)C(=O)NC1CCC(C)CC1. The smallest absolute Gasteiger partial charge is 0.271 e. The highest BCUT2D eigenvalue weighted by Crippen LogP contribution is 2.35. The summed E-state index contributed by atoms with van der Waals surface area (Å²) in [5.41, 5.74) is 0.485. The molecule has 2 amide bonds. The minimum absolute atomic E-state index is 0.0321. The lowest BCUT2D eigenvalue weighted by Gasteiger charge is -2.47. The number of amides is 2. The molecule has 1 saturated carbocycles. The highest BCUT2D eigenvalue weighted by atomic mass is 16.3. The van der Waals surface area contributed by atoms with E-state index in [-0.39, 0.29) is 23.9 Å². The van der Waals surface area contributed by atoms with Crippen molar-refractivity contribution in [3.05, 3.63) is 36.2 Å². The van der Waals surface area contributed by atoms with Gasteiger partial charge < -0.3 is 19.2 Å². The number of carbonyl (C=O) groups is 2. The summed E-state index contributed by atoms with van der Waals surface area (Å²) >= 11 is 0. The molecule has 0 bridgehead atoms. The Labute approximate surface area is 178 Å². The van der Waals surface area contributed by atoms with Crippen molar-refractivity contribution in [1.29, 1.82) is 0 Å². The van der Waals surface area contributed by atoms with Crippen molar-refractivity contribution in [3.63, 3.8) is 0 Å². The van der Waals surface area contributed by atoms with Gasteiger partial charge in [0, 0.05) is 12.1 Å². The molecule has 2 aliphatic rings. The number of rotatable bonds is 5. The molecule has 0 unspecified atom stereocenters. The quantitative estimate of drug-likeness (QED) is 0.790. The van der Waals surface area contributed by atoms with Crippen molar-refractivity contribution in [1.82, 2.24) is 14.8 Å². The van der Waals surface area contributed by atoms with E-state index in [1.165, 1.54) is 0 Å². The second-order valence-corrected chi connectivity index (χ2v) is 9.30. The van der Waals surface area contributed by atoms with Crippen molar-refractivity contribution >= 4 is 11.8 Å². The van der Waals surface area contributed by atoms with Gasteiger partial charge in [-0.3, -0.25) is 9.59 Å². The average molecular weight is 412 g/mol. The number of furan rings is 1. The summed E-state index contributed by atoms with van der Waals surface area (Å²) in [4.78, 5) is 29.0. The van der Waals surface area contributed by atoms with Crippen LogP contribution in [-0.4, -0.2) is 38.9 Å². The summed E-state index contributed by atoms with van der Waals surface area (Å²) in [6, 6.07) is 7.63. The first-order valence-corrected chi connectivity index (χ1v) is 11.2. The summed E-state index contributed by atoms with van der Waals surface area (Å²) in [6.45, 7) is 8.68. The lowest BCUT2D eigenvalue weighted by Crippen LogP contribution is -2.67. The molecular weight excluding hydrogens is 378 g/mol. The molecule has 1 aliphatic heterocycles. The Hall–Kier alpha value is -2.50. The van der Waals surface area contributed by atoms with Crippen LogP contribution in [0.15, 0.2) is 34.9 Å². The molecule has 2 atom stereocenters. The van der Waals surface area contributed by atoms with Crippen LogP contribution in [0.25, 0.3) is 11.5 Å². The van der Waals surface area contributed by atoms with Crippen LogP contribution < -0.4 is 5.32 Å². The normalized spacial score (nSPS) is 27.6. The van der Waals surface area contributed by atoms with E-state index in [0.717, 1.165) is 43.7 Å². The largest absolute Gasteiger partial charge is 0.463 e. The van der Waals surface area contributed by atoms with E-state index in [1.54, 1.807) is 11.2 Å². The molecule has 6 heteroatoms. The number of hydrogen-bond donors (Lipinski definition) is 1.